The van der Waals surface area contributed by atoms with Crippen LogP contribution in [0.5, 0.6) is 0 Å². The van der Waals surface area contributed by atoms with Crippen LogP contribution in [0.4, 0.5) is 8.78 Å². The molecule has 0 radical (unpaired) electrons. The van der Waals surface area contributed by atoms with Gasteiger partial charge in [-0.25, -0.2) is 8.78 Å². The first kappa shape index (κ1) is 13.2. The van der Waals surface area contributed by atoms with Crippen molar-refractivity contribution >= 4 is 30.8 Å². The normalized spacial score (nSPS) is 10.9. The molecule has 0 amide bonds. The van der Waals surface area contributed by atoms with Crippen molar-refractivity contribution in [1.29, 1.82) is 0 Å². The molecule has 4 heteroatoms. The van der Waals surface area contributed by atoms with E-state index in [1.807, 2.05) is 24.3 Å². The van der Waals surface area contributed by atoms with E-state index in [0.717, 1.165) is 16.4 Å². The van der Waals surface area contributed by atoms with Crippen LogP contribution >= 0.6 is 11.6 Å². The summed E-state index contributed by atoms with van der Waals surface area (Å²) in [5.74, 6) is 0.0824. The summed E-state index contributed by atoms with van der Waals surface area (Å²) in [6.07, 6.45) is 0. The number of halogens is 3. The molecule has 0 heterocycles. The first-order valence-electron chi connectivity index (χ1n) is 5.77. The van der Waals surface area contributed by atoms with Crippen molar-refractivity contribution in [3.8, 4) is 0 Å². The van der Waals surface area contributed by atoms with Gasteiger partial charge in [-0.2, -0.15) is 0 Å². The van der Waals surface area contributed by atoms with Crippen molar-refractivity contribution in [3.63, 3.8) is 0 Å². The molecule has 0 aliphatic rings. The van der Waals surface area contributed by atoms with Crippen molar-refractivity contribution < 1.29 is 8.78 Å². The van der Waals surface area contributed by atoms with Crippen molar-refractivity contribution in [3.05, 3.63) is 60.2 Å². The quantitative estimate of drug-likeness (QED) is 0.597. The molecular formula is C14H13ClF2Si. The van der Waals surface area contributed by atoms with Gasteiger partial charge < -0.3 is 0 Å². The summed E-state index contributed by atoms with van der Waals surface area (Å²) in [7, 11) is -1.46. The monoisotopic (exact) mass is 282 g/mol. The Hall–Kier alpha value is -1.19. The highest BCUT2D eigenvalue weighted by atomic mass is 35.5. The Balaban J connectivity index is 2.33. The van der Waals surface area contributed by atoms with E-state index in [1.54, 1.807) is 0 Å². The van der Waals surface area contributed by atoms with Crippen LogP contribution in [0, 0.1) is 11.6 Å². The molecule has 2 aromatic carbocycles. The van der Waals surface area contributed by atoms with Gasteiger partial charge in [0, 0.05) is 5.88 Å². The van der Waals surface area contributed by atoms with Crippen LogP contribution in [0.3, 0.4) is 0 Å². The van der Waals surface area contributed by atoms with Gasteiger partial charge in [0.2, 0.25) is 0 Å². The summed E-state index contributed by atoms with van der Waals surface area (Å²) < 4.78 is 25.9. The minimum atomic E-state index is -1.46. The summed E-state index contributed by atoms with van der Waals surface area (Å²) >= 11 is 5.85. The van der Waals surface area contributed by atoms with Crippen LogP contribution in [-0.2, 0) is 0 Å². The van der Waals surface area contributed by atoms with E-state index in [1.165, 1.54) is 24.3 Å². The minimum Gasteiger partial charge on any atom is -0.207 e. The predicted molar refractivity (Wildman–Crippen MR) is 74.7 cm³/mol. The standard InChI is InChI=1S/C14H13ClF2Si/c15-9-10-18(13-5-1-11(16)2-6-13)14-7-3-12(17)4-8-14/h1-8,18H,9-10H2. The maximum Gasteiger partial charge on any atom is 0.123 e. The van der Waals surface area contributed by atoms with E-state index in [-0.39, 0.29) is 11.6 Å². The van der Waals surface area contributed by atoms with E-state index in [0.29, 0.717) is 5.88 Å². The molecule has 0 bridgehead atoms. The van der Waals surface area contributed by atoms with Crippen LogP contribution in [0.15, 0.2) is 48.5 Å². The van der Waals surface area contributed by atoms with E-state index in [4.69, 9.17) is 11.6 Å². The number of alkyl halides is 1. The van der Waals surface area contributed by atoms with Crippen LogP contribution in [0.1, 0.15) is 0 Å². The highest BCUT2D eigenvalue weighted by molar-refractivity contribution is 6.85. The lowest BCUT2D eigenvalue weighted by Gasteiger charge is -2.15. The number of benzene rings is 2. The van der Waals surface area contributed by atoms with Gasteiger partial charge in [-0.15, -0.1) is 11.6 Å². The van der Waals surface area contributed by atoms with Crippen LogP contribution in [0.25, 0.3) is 0 Å². The summed E-state index contributed by atoms with van der Waals surface area (Å²) in [5.41, 5.74) is 0. The van der Waals surface area contributed by atoms with Crippen LogP contribution in [0.2, 0.25) is 6.04 Å². The van der Waals surface area contributed by atoms with E-state index >= 15 is 0 Å². The first-order valence-corrected chi connectivity index (χ1v) is 8.28. The summed E-state index contributed by atoms with van der Waals surface area (Å²) in [5, 5.41) is 2.26. The molecule has 0 unspecified atom stereocenters. The van der Waals surface area contributed by atoms with Crippen molar-refractivity contribution in [2.24, 2.45) is 0 Å². The molecule has 2 aromatic rings. The van der Waals surface area contributed by atoms with Gasteiger partial charge in [0.25, 0.3) is 0 Å². The highest BCUT2D eigenvalue weighted by Crippen LogP contribution is 2.02. The van der Waals surface area contributed by atoms with Gasteiger partial charge in [-0.3, -0.25) is 0 Å². The van der Waals surface area contributed by atoms with Gasteiger partial charge in [0.05, 0.1) is 0 Å². The molecule has 0 fully saturated rings. The zero-order valence-electron chi connectivity index (χ0n) is 9.74. The molecule has 18 heavy (non-hydrogen) atoms. The highest BCUT2D eigenvalue weighted by Gasteiger charge is 2.15. The Bertz CT molecular complexity index is 451. The zero-order valence-corrected chi connectivity index (χ0v) is 11.7. The van der Waals surface area contributed by atoms with E-state index in [2.05, 4.69) is 0 Å². The smallest absolute Gasteiger partial charge is 0.123 e. The van der Waals surface area contributed by atoms with Gasteiger partial charge in [0.1, 0.15) is 20.4 Å². The number of rotatable bonds is 4. The fraction of sp³-hybridized carbons (Fsp3) is 0.143. The molecule has 94 valence electrons. The van der Waals surface area contributed by atoms with Gasteiger partial charge in [-0.1, -0.05) is 34.6 Å². The third-order valence-electron chi connectivity index (χ3n) is 2.94. The average molecular weight is 283 g/mol. The third kappa shape index (κ3) is 3.18. The van der Waals surface area contributed by atoms with Crippen molar-refractivity contribution in [1.82, 2.24) is 0 Å². The second-order valence-electron chi connectivity index (χ2n) is 4.13. The summed E-state index contributed by atoms with van der Waals surface area (Å²) in [4.78, 5) is 0. The number of hydrogen-bond acceptors (Lipinski definition) is 0. The molecular weight excluding hydrogens is 270 g/mol. The Morgan fingerprint density at radius 3 is 1.50 bits per heavy atom. The molecule has 2 rings (SSSR count). The van der Waals surface area contributed by atoms with Crippen LogP contribution < -0.4 is 10.4 Å². The maximum atomic E-state index is 12.9. The molecule has 0 aliphatic heterocycles. The minimum absolute atomic E-state index is 0.239. The fourth-order valence-corrected chi connectivity index (χ4v) is 5.26. The van der Waals surface area contributed by atoms with E-state index < -0.39 is 8.80 Å². The number of hydrogen-bond donors (Lipinski definition) is 0. The molecule has 0 nitrogen and oxygen atoms in total. The molecule has 0 spiro atoms. The lowest BCUT2D eigenvalue weighted by molar-refractivity contribution is 0.628. The first-order chi connectivity index (χ1) is 8.70. The fourth-order valence-electron chi connectivity index (χ4n) is 2.03. The Labute approximate surface area is 112 Å². The molecule has 0 atom stereocenters. The van der Waals surface area contributed by atoms with Crippen molar-refractivity contribution in [2.45, 2.75) is 6.04 Å². The zero-order chi connectivity index (χ0) is 13.0. The Kier molecular flexibility index (Phi) is 4.50. The van der Waals surface area contributed by atoms with E-state index in [9.17, 15) is 8.78 Å². The topological polar surface area (TPSA) is 0 Å². The second kappa shape index (κ2) is 6.11. The predicted octanol–water partition coefficient (Wildman–Crippen LogP) is 2.54. The van der Waals surface area contributed by atoms with Crippen molar-refractivity contribution in [2.75, 3.05) is 5.88 Å². The SMILES string of the molecule is Fc1ccc([SiH](CCCl)c2ccc(F)cc2)cc1. The lowest BCUT2D eigenvalue weighted by atomic mass is 10.3. The molecule has 0 aromatic heterocycles. The Morgan fingerprint density at radius 1 is 0.778 bits per heavy atom. The third-order valence-corrected chi connectivity index (χ3v) is 6.77. The largest absolute Gasteiger partial charge is 0.207 e. The van der Waals surface area contributed by atoms with Gasteiger partial charge in [0.15, 0.2) is 0 Å². The lowest BCUT2D eigenvalue weighted by Crippen LogP contribution is -2.42. The summed E-state index contributed by atoms with van der Waals surface area (Å²) in [6, 6.07) is 14.0. The van der Waals surface area contributed by atoms with Crippen LogP contribution in [-0.4, -0.2) is 14.7 Å². The van der Waals surface area contributed by atoms with Gasteiger partial charge in [-0.05, 0) is 30.3 Å². The summed E-state index contributed by atoms with van der Waals surface area (Å²) in [6.45, 7) is 0. The molecule has 0 saturated heterocycles. The average Bonchev–Trinajstić information content (AvgIpc) is 2.39. The Morgan fingerprint density at radius 2 is 1.17 bits per heavy atom. The molecule has 0 aliphatic carbocycles. The molecule has 0 saturated carbocycles. The second-order valence-corrected chi connectivity index (χ2v) is 7.53. The molecule has 0 N–H and O–H groups in total. The maximum absolute atomic E-state index is 12.9. The van der Waals surface area contributed by atoms with Gasteiger partial charge >= 0.3 is 0 Å².